The Morgan fingerprint density at radius 1 is 0.941 bits per heavy atom. The van der Waals surface area contributed by atoms with Gasteiger partial charge in [0.05, 0.1) is 26.3 Å². The van der Waals surface area contributed by atoms with E-state index < -0.39 is 12.6 Å². The third kappa shape index (κ3) is 5.79. The van der Waals surface area contributed by atoms with Crippen molar-refractivity contribution in [3.05, 3.63) is 0 Å². The molecule has 1 fully saturated rings. The number of aliphatic hydroxyl groups is 2. The Balaban J connectivity index is 2.29. The summed E-state index contributed by atoms with van der Waals surface area (Å²) < 4.78 is 11.4. The molecule has 17 heavy (non-hydrogen) atoms. The minimum absolute atomic E-state index is 0.576. The lowest BCUT2D eigenvalue weighted by Gasteiger charge is -2.34. The molecule has 0 saturated carbocycles. The number of hydrogen-bond donors (Lipinski definition) is 2. The predicted molar refractivity (Wildman–Crippen MR) is 64.2 cm³/mol. The van der Waals surface area contributed by atoms with Crippen LogP contribution in [0.25, 0.3) is 0 Å². The molecule has 0 amide bonds. The molecule has 2 unspecified atom stereocenters. The van der Waals surface area contributed by atoms with Crippen LogP contribution < -0.4 is 0 Å². The van der Waals surface area contributed by atoms with Gasteiger partial charge in [-0.15, -0.1) is 0 Å². The lowest BCUT2D eigenvalue weighted by atomic mass is 10.4. The van der Waals surface area contributed by atoms with Crippen molar-refractivity contribution in [1.29, 1.82) is 0 Å². The Morgan fingerprint density at radius 2 is 1.35 bits per heavy atom. The van der Waals surface area contributed by atoms with E-state index in [1.54, 1.807) is 13.8 Å². The first kappa shape index (κ1) is 14.9. The van der Waals surface area contributed by atoms with E-state index in [9.17, 15) is 0 Å². The van der Waals surface area contributed by atoms with Gasteiger partial charge in [-0.2, -0.15) is 0 Å². The van der Waals surface area contributed by atoms with Crippen LogP contribution in [0, 0.1) is 0 Å². The fourth-order valence-electron chi connectivity index (χ4n) is 2.40. The first-order valence-corrected chi connectivity index (χ1v) is 6.48. The van der Waals surface area contributed by atoms with Gasteiger partial charge in [-0.25, -0.2) is 0 Å². The summed E-state index contributed by atoms with van der Waals surface area (Å²) in [5, 5.41) is 18.1. The monoisotopic (exact) mass is 248 g/mol. The highest BCUT2D eigenvalue weighted by atomic mass is 16.6. The fraction of sp³-hybridized carbons (Fsp3) is 1.00. The molecule has 5 heteroatoms. The third-order valence-corrected chi connectivity index (χ3v) is 3.36. The van der Waals surface area contributed by atoms with Crippen molar-refractivity contribution >= 4 is 0 Å². The van der Waals surface area contributed by atoms with Gasteiger partial charge >= 0.3 is 0 Å². The largest absolute Gasteiger partial charge is 0.368 e. The summed E-state index contributed by atoms with van der Waals surface area (Å²) in [6, 6.07) is 0. The second-order valence-electron chi connectivity index (χ2n) is 4.88. The second kappa shape index (κ2) is 7.28. The lowest BCUT2D eigenvalue weighted by molar-refractivity contribution is -0.917. The van der Waals surface area contributed by atoms with Crippen LogP contribution in [0.3, 0.4) is 0 Å². The molecule has 0 aromatic heterocycles. The minimum Gasteiger partial charge on any atom is -0.368 e. The van der Waals surface area contributed by atoms with Gasteiger partial charge < -0.3 is 24.2 Å². The Bertz CT molecular complexity index is 187. The average molecular weight is 248 g/mol. The van der Waals surface area contributed by atoms with E-state index in [1.807, 2.05) is 0 Å². The predicted octanol–water partition coefficient (Wildman–Crippen LogP) is 0.307. The standard InChI is InChI=1S/C12H26NO4/c1-11(14)16-9-7-13(5-3-4-6-13)8-10-17-12(2)15/h11-12,14-15H,3-10H2,1-2H3/q+1. The number of hydrogen-bond acceptors (Lipinski definition) is 4. The van der Waals surface area contributed by atoms with Gasteiger partial charge in [0.25, 0.3) is 0 Å². The van der Waals surface area contributed by atoms with Crippen molar-refractivity contribution in [3.63, 3.8) is 0 Å². The first-order valence-electron chi connectivity index (χ1n) is 6.48. The van der Waals surface area contributed by atoms with Gasteiger partial charge in [-0.1, -0.05) is 0 Å². The molecule has 0 aromatic carbocycles. The van der Waals surface area contributed by atoms with Gasteiger partial charge in [0.1, 0.15) is 13.1 Å². The van der Waals surface area contributed by atoms with Gasteiger partial charge in [0, 0.05) is 12.8 Å². The highest BCUT2D eigenvalue weighted by Gasteiger charge is 2.31. The van der Waals surface area contributed by atoms with Crippen LogP contribution >= 0.6 is 0 Å². The van der Waals surface area contributed by atoms with Crippen LogP contribution in [-0.4, -0.2) is 66.7 Å². The molecule has 2 N–H and O–H groups in total. The van der Waals surface area contributed by atoms with E-state index in [0.717, 1.165) is 30.7 Å². The van der Waals surface area contributed by atoms with Crippen LogP contribution in [0.5, 0.6) is 0 Å². The van der Waals surface area contributed by atoms with Crippen LogP contribution in [0.2, 0.25) is 0 Å². The van der Waals surface area contributed by atoms with E-state index in [2.05, 4.69) is 0 Å². The molecule has 0 aromatic rings. The molecule has 5 nitrogen and oxygen atoms in total. The minimum atomic E-state index is -0.689. The normalized spacial score (nSPS) is 22.6. The van der Waals surface area contributed by atoms with Crippen molar-refractivity contribution in [3.8, 4) is 0 Å². The molecule has 102 valence electrons. The number of aliphatic hydroxyl groups excluding tert-OH is 2. The maximum Gasteiger partial charge on any atom is 0.152 e. The Hall–Kier alpha value is -0.200. The molecule has 1 aliphatic heterocycles. The lowest BCUT2D eigenvalue weighted by Crippen LogP contribution is -2.50. The Labute approximate surface area is 104 Å². The summed E-state index contributed by atoms with van der Waals surface area (Å²) in [5.41, 5.74) is 0. The van der Waals surface area contributed by atoms with Gasteiger partial charge in [0.2, 0.25) is 0 Å². The van der Waals surface area contributed by atoms with Gasteiger partial charge in [-0.05, 0) is 13.8 Å². The van der Waals surface area contributed by atoms with Gasteiger partial charge in [0.15, 0.2) is 12.6 Å². The van der Waals surface area contributed by atoms with E-state index in [0.29, 0.717) is 13.2 Å². The maximum absolute atomic E-state index is 9.07. The van der Waals surface area contributed by atoms with E-state index in [1.165, 1.54) is 12.8 Å². The number of quaternary nitrogens is 1. The molecule has 0 aliphatic carbocycles. The van der Waals surface area contributed by atoms with Crippen LogP contribution in [0.15, 0.2) is 0 Å². The molecule has 1 heterocycles. The highest BCUT2D eigenvalue weighted by molar-refractivity contribution is 4.55. The topological polar surface area (TPSA) is 58.9 Å². The molecule has 1 saturated heterocycles. The van der Waals surface area contributed by atoms with Crippen molar-refractivity contribution < 1.29 is 24.2 Å². The zero-order chi connectivity index (χ0) is 12.7. The number of rotatable bonds is 8. The third-order valence-electron chi connectivity index (χ3n) is 3.36. The quantitative estimate of drug-likeness (QED) is 0.479. The number of ether oxygens (including phenoxy) is 2. The zero-order valence-corrected chi connectivity index (χ0v) is 11.0. The number of nitrogens with zero attached hydrogens (tertiary/aromatic N) is 1. The average Bonchev–Trinajstić information content (AvgIpc) is 2.66. The Kier molecular flexibility index (Phi) is 6.37. The summed E-state index contributed by atoms with van der Waals surface area (Å²) >= 11 is 0. The SMILES string of the molecule is CC(O)OCC[N+]1(CCOC(C)O)CCCC1. The molecule has 0 radical (unpaired) electrons. The number of likely N-dealkylation sites (tertiary alicyclic amines) is 1. The van der Waals surface area contributed by atoms with Crippen molar-refractivity contribution in [2.75, 3.05) is 39.4 Å². The second-order valence-corrected chi connectivity index (χ2v) is 4.88. The van der Waals surface area contributed by atoms with Crippen LogP contribution in [-0.2, 0) is 9.47 Å². The smallest absolute Gasteiger partial charge is 0.152 e. The van der Waals surface area contributed by atoms with E-state index in [-0.39, 0.29) is 0 Å². The molecular formula is C12H26NO4+. The van der Waals surface area contributed by atoms with E-state index >= 15 is 0 Å². The van der Waals surface area contributed by atoms with Crippen molar-refractivity contribution in [1.82, 2.24) is 0 Å². The highest BCUT2D eigenvalue weighted by Crippen LogP contribution is 2.19. The molecule has 1 rings (SSSR count). The fourth-order valence-corrected chi connectivity index (χ4v) is 2.40. The molecular weight excluding hydrogens is 222 g/mol. The van der Waals surface area contributed by atoms with E-state index in [4.69, 9.17) is 19.7 Å². The van der Waals surface area contributed by atoms with Crippen molar-refractivity contribution in [2.24, 2.45) is 0 Å². The molecule has 0 bridgehead atoms. The molecule has 2 atom stereocenters. The summed E-state index contributed by atoms with van der Waals surface area (Å²) in [7, 11) is 0. The first-order chi connectivity index (χ1) is 8.04. The summed E-state index contributed by atoms with van der Waals surface area (Å²) in [6.45, 7) is 8.52. The molecule has 1 aliphatic rings. The van der Waals surface area contributed by atoms with Gasteiger partial charge in [-0.3, -0.25) is 0 Å². The van der Waals surface area contributed by atoms with Crippen LogP contribution in [0.1, 0.15) is 26.7 Å². The Morgan fingerprint density at radius 3 is 1.71 bits per heavy atom. The molecule has 0 spiro atoms. The summed E-state index contributed by atoms with van der Waals surface area (Å²) in [4.78, 5) is 0. The van der Waals surface area contributed by atoms with Crippen molar-refractivity contribution in [2.45, 2.75) is 39.3 Å². The summed E-state index contributed by atoms with van der Waals surface area (Å²) in [5.74, 6) is 0. The summed E-state index contributed by atoms with van der Waals surface area (Å²) in [6.07, 6.45) is 1.10. The van der Waals surface area contributed by atoms with Crippen LogP contribution in [0.4, 0.5) is 0 Å². The zero-order valence-electron chi connectivity index (χ0n) is 11.0. The maximum atomic E-state index is 9.07.